The molecule has 9 heteroatoms. The van der Waals surface area contributed by atoms with Crippen molar-refractivity contribution < 1.29 is 19.2 Å². The minimum atomic E-state index is -0.400. The molecule has 2 fully saturated rings. The fourth-order valence-electron chi connectivity index (χ4n) is 3.52. The van der Waals surface area contributed by atoms with Gasteiger partial charge in [0.05, 0.1) is 24.6 Å². The van der Waals surface area contributed by atoms with E-state index in [1.165, 1.54) is 56.6 Å². The summed E-state index contributed by atoms with van der Waals surface area (Å²) in [6.45, 7) is 1.54. The maximum atomic E-state index is 12.0. The molecule has 9 nitrogen and oxygen atoms in total. The van der Waals surface area contributed by atoms with Crippen molar-refractivity contribution in [2.24, 2.45) is 5.92 Å². The Kier molecular flexibility index (Phi) is 9.04. The van der Waals surface area contributed by atoms with Gasteiger partial charge in [0.15, 0.2) is 6.29 Å². The highest BCUT2D eigenvalue weighted by atomic mass is 16.8. The standard InChI is InChI=1S/C21H31N5O4/c27-19(26-30-21-8-4-5-11-29-21)10-9-17-13-23-18(14-22-17)24-15-20(28)25-12-16-6-2-1-3-7-16/h9-10,13-14,16,21H,1-8,11-12,15H2,(H,23,24)(H,25,28)(H,26,27)/b10-9+. The Morgan fingerprint density at radius 2 is 1.93 bits per heavy atom. The molecular weight excluding hydrogens is 386 g/mol. The van der Waals surface area contributed by atoms with Crippen molar-refractivity contribution in [3.05, 3.63) is 24.2 Å². The highest BCUT2D eigenvalue weighted by molar-refractivity contribution is 5.90. The molecule has 30 heavy (non-hydrogen) atoms. The van der Waals surface area contributed by atoms with Gasteiger partial charge in [0.25, 0.3) is 5.91 Å². The summed E-state index contributed by atoms with van der Waals surface area (Å²) in [6, 6.07) is 0. The van der Waals surface area contributed by atoms with Gasteiger partial charge >= 0.3 is 0 Å². The van der Waals surface area contributed by atoms with E-state index < -0.39 is 5.91 Å². The van der Waals surface area contributed by atoms with E-state index >= 15 is 0 Å². The monoisotopic (exact) mass is 417 g/mol. The maximum Gasteiger partial charge on any atom is 0.267 e. The number of aromatic nitrogens is 2. The van der Waals surface area contributed by atoms with Crippen LogP contribution >= 0.6 is 0 Å². The Morgan fingerprint density at radius 1 is 1.10 bits per heavy atom. The molecule has 1 aromatic heterocycles. The molecule has 1 saturated carbocycles. The summed E-state index contributed by atoms with van der Waals surface area (Å²) in [5.74, 6) is 0.654. The van der Waals surface area contributed by atoms with E-state index in [4.69, 9.17) is 9.57 Å². The summed E-state index contributed by atoms with van der Waals surface area (Å²) in [7, 11) is 0. The smallest absolute Gasteiger partial charge is 0.267 e. The van der Waals surface area contributed by atoms with Crippen molar-refractivity contribution >= 4 is 23.7 Å². The van der Waals surface area contributed by atoms with E-state index in [1.807, 2.05) is 0 Å². The molecule has 1 unspecified atom stereocenters. The first-order chi connectivity index (χ1) is 14.7. The molecule has 2 aliphatic rings. The Hall–Kier alpha value is -2.52. The summed E-state index contributed by atoms with van der Waals surface area (Å²) in [5, 5.41) is 5.93. The second-order valence-electron chi connectivity index (χ2n) is 7.70. The minimum Gasteiger partial charge on any atom is -0.360 e. The summed E-state index contributed by atoms with van der Waals surface area (Å²) >= 11 is 0. The first-order valence-electron chi connectivity index (χ1n) is 10.8. The zero-order valence-electron chi connectivity index (χ0n) is 17.3. The van der Waals surface area contributed by atoms with E-state index in [0.717, 1.165) is 25.8 Å². The van der Waals surface area contributed by atoms with Crippen LogP contribution in [0.4, 0.5) is 5.82 Å². The molecule has 1 aromatic rings. The molecule has 2 amide bonds. The van der Waals surface area contributed by atoms with Crippen LogP contribution in [0.3, 0.4) is 0 Å². The van der Waals surface area contributed by atoms with Crippen molar-refractivity contribution in [2.45, 2.75) is 57.7 Å². The molecule has 3 N–H and O–H groups in total. The van der Waals surface area contributed by atoms with Crippen LogP contribution in [-0.2, 0) is 19.2 Å². The zero-order chi connectivity index (χ0) is 21.0. The quantitative estimate of drug-likeness (QED) is 0.417. The topological polar surface area (TPSA) is 114 Å². The number of hydroxylamine groups is 1. The number of nitrogens with zero attached hydrogens (tertiary/aromatic N) is 2. The third-order valence-electron chi connectivity index (χ3n) is 5.25. The lowest BCUT2D eigenvalue weighted by atomic mass is 9.89. The molecule has 1 aliphatic heterocycles. The number of anilines is 1. The summed E-state index contributed by atoms with van der Waals surface area (Å²) in [4.78, 5) is 37.4. The van der Waals surface area contributed by atoms with Crippen molar-refractivity contribution in [1.29, 1.82) is 0 Å². The van der Waals surface area contributed by atoms with Crippen LogP contribution in [0.25, 0.3) is 6.08 Å². The van der Waals surface area contributed by atoms with Crippen LogP contribution in [0.15, 0.2) is 18.5 Å². The SMILES string of the molecule is O=C(/C=C/c1cnc(NCC(=O)NCC2CCCCC2)cn1)NOC1CCCCO1. The number of carbonyl (C=O) groups is 2. The van der Waals surface area contributed by atoms with Gasteiger partial charge in [-0.05, 0) is 37.7 Å². The first-order valence-corrected chi connectivity index (χ1v) is 10.8. The lowest BCUT2D eigenvalue weighted by molar-refractivity contribution is -0.198. The predicted molar refractivity (Wildman–Crippen MR) is 112 cm³/mol. The summed E-state index contributed by atoms with van der Waals surface area (Å²) in [5.41, 5.74) is 2.87. The van der Waals surface area contributed by atoms with Gasteiger partial charge in [0, 0.05) is 25.6 Å². The van der Waals surface area contributed by atoms with Crippen molar-refractivity contribution in [1.82, 2.24) is 20.8 Å². The van der Waals surface area contributed by atoms with Crippen molar-refractivity contribution in [3.8, 4) is 0 Å². The van der Waals surface area contributed by atoms with Crippen LogP contribution in [-0.4, -0.2) is 47.8 Å². The summed E-state index contributed by atoms with van der Waals surface area (Å²) in [6.07, 6.45) is 14.6. The van der Waals surface area contributed by atoms with E-state index in [2.05, 4.69) is 26.1 Å². The largest absolute Gasteiger partial charge is 0.360 e. The Balaban J connectivity index is 1.33. The second-order valence-corrected chi connectivity index (χ2v) is 7.70. The van der Waals surface area contributed by atoms with Gasteiger partial charge in [0.1, 0.15) is 5.82 Å². The van der Waals surface area contributed by atoms with Gasteiger partial charge in [-0.1, -0.05) is 19.3 Å². The van der Waals surface area contributed by atoms with Crippen molar-refractivity contribution in [3.63, 3.8) is 0 Å². The van der Waals surface area contributed by atoms with Gasteiger partial charge in [-0.15, -0.1) is 0 Å². The van der Waals surface area contributed by atoms with Gasteiger partial charge in [-0.3, -0.25) is 14.6 Å². The fourth-order valence-corrected chi connectivity index (χ4v) is 3.52. The van der Waals surface area contributed by atoms with E-state index in [1.54, 1.807) is 0 Å². The molecule has 0 spiro atoms. The predicted octanol–water partition coefficient (Wildman–Crippen LogP) is 2.17. The molecule has 0 aromatic carbocycles. The Morgan fingerprint density at radius 3 is 2.67 bits per heavy atom. The lowest BCUT2D eigenvalue weighted by Gasteiger charge is -2.21. The second kappa shape index (κ2) is 12.2. The highest BCUT2D eigenvalue weighted by Crippen LogP contribution is 2.22. The molecule has 1 aliphatic carbocycles. The van der Waals surface area contributed by atoms with Crippen LogP contribution < -0.4 is 16.1 Å². The number of amides is 2. The molecule has 164 valence electrons. The number of nitrogens with one attached hydrogen (secondary N) is 3. The van der Waals surface area contributed by atoms with E-state index in [-0.39, 0.29) is 18.7 Å². The average Bonchev–Trinajstić information content (AvgIpc) is 2.80. The molecule has 1 atom stereocenters. The fraction of sp³-hybridized carbons (Fsp3) is 0.619. The number of rotatable bonds is 9. The molecule has 0 bridgehead atoms. The third kappa shape index (κ3) is 8.08. The van der Waals surface area contributed by atoms with Gasteiger partial charge in [-0.2, -0.15) is 0 Å². The van der Waals surface area contributed by atoms with E-state index in [9.17, 15) is 9.59 Å². The van der Waals surface area contributed by atoms with Gasteiger partial charge < -0.3 is 15.4 Å². The molecule has 3 rings (SSSR count). The van der Waals surface area contributed by atoms with Crippen molar-refractivity contribution in [2.75, 3.05) is 25.0 Å². The van der Waals surface area contributed by atoms with Crippen LogP contribution in [0.2, 0.25) is 0 Å². The van der Waals surface area contributed by atoms with Crippen LogP contribution in [0.5, 0.6) is 0 Å². The highest BCUT2D eigenvalue weighted by Gasteiger charge is 2.15. The number of ether oxygens (including phenoxy) is 1. The Bertz CT molecular complexity index is 698. The zero-order valence-corrected chi connectivity index (χ0v) is 17.3. The van der Waals surface area contributed by atoms with Gasteiger partial charge in [0.2, 0.25) is 5.91 Å². The van der Waals surface area contributed by atoms with Crippen LogP contribution in [0.1, 0.15) is 57.1 Å². The molecule has 0 radical (unpaired) electrons. The first kappa shape index (κ1) is 22.2. The normalized spacial score (nSPS) is 20.1. The number of carbonyl (C=O) groups excluding carboxylic acids is 2. The third-order valence-corrected chi connectivity index (χ3v) is 5.25. The van der Waals surface area contributed by atoms with E-state index in [0.29, 0.717) is 24.0 Å². The average molecular weight is 418 g/mol. The number of hydrogen-bond donors (Lipinski definition) is 3. The summed E-state index contributed by atoms with van der Waals surface area (Å²) < 4.78 is 5.37. The molecule has 1 saturated heterocycles. The minimum absolute atomic E-state index is 0.0510. The molecular formula is C21H31N5O4. The Labute approximate surface area is 177 Å². The number of hydrogen-bond acceptors (Lipinski definition) is 7. The van der Waals surface area contributed by atoms with Gasteiger partial charge in [-0.25, -0.2) is 15.3 Å². The maximum absolute atomic E-state index is 12.0. The molecule has 2 heterocycles. The van der Waals surface area contributed by atoms with Crippen LogP contribution in [0, 0.1) is 5.92 Å². The lowest BCUT2D eigenvalue weighted by Crippen LogP contribution is -2.34.